The largest absolute Gasteiger partial charge is 0.336 e. The minimum absolute atomic E-state index is 0.103. The Bertz CT molecular complexity index is 1250. The Morgan fingerprint density at radius 1 is 0.939 bits per heavy atom. The smallest absolute Gasteiger partial charge is 0.256 e. The van der Waals surface area contributed by atoms with Gasteiger partial charge in [0.2, 0.25) is 10.0 Å². The van der Waals surface area contributed by atoms with Gasteiger partial charge in [-0.25, -0.2) is 22.2 Å². The van der Waals surface area contributed by atoms with Gasteiger partial charge >= 0.3 is 0 Å². The molecule has 1 aromatic heterocycles. The van der Waals surface area contributed by atoms with E-state index in [4.69, 9.17) is 0 Å². The molecule has 0 N–H and O–H groups in total. The third-order valence-electron chi connectivity index (χ3n) is 5.25. The van der Waals surface area contributed by atoms with Crippen LogP contribution in [0.3, 0.4) is 0 Å². The number of halogens is 2. The fourth-order valence-electron chi connectivity index (χ4n) is 3.48. The van der Waals surface area contributed by atoms with Gasteiger partial charge in [-0.05, 0) is 48.0 Å². The van der Waals surface area contributed by atoms with E-state index >= 15 is 0 Å². The second kappa shape index (κ2) is 9.98. The number of rotatable bonds is 6. The molecule has 1 aliphatic heterocycles. The number of sulfonamides is 1. The predicted molar refractivity (Wildman–Crippen MR) is 121 cm³/mol. The summed E-state index contributed by atoms with van der Waals surface area (Å²) in [6.45, 7) is 0.653. The number of aromatic nitrogens is 1. The van der Waals surface area contributed by atoms with Crippen LogP contribution in [-0.2, 0) is 15.8 Å². The van der Waals surface area contributed by atoms with Crippen molar-refractivity contribution in [3.63, 3.8) is 0 Å². The van der Waals surface area contributed by atoms with Crippen LogP contribution in [0.15, 0.2) is 76.8 Å². The van der Waals surface area contributed by atoms with Gasteiger partial charge in [-0.2, -0.15) is 4.31 Å². The van der Waals surface area contributed by atoms with Gasteiger partial charge in [-0.15, -0.1) is 11.8 Å². The lowest BCUT2D eigenvalue weighted by Gasteiger charge is -2.34. The maximum absolute atomic E-state index is 13.5. The van der Waals surface area contributed by atoms with E-state index in [2.05, 4.69) is 4.98 Å². The molecule has 0 bridgehead atoms. The van der Waals surface area contributed by atoms with Gasteiger partial charge < -0.3 is 4.90 Å². The first kappa shape index (κ1) is 23.3. The van der Waals surface area contributed by atoms with Crippen LogP contribution in [-0.4, -0.2) is 54.7 Å². The zero-order valence-corrected chi connectivity index (χ0v) is 19.2. The van der Waals surface area contributed by atoms with Gasteiger partial charge in [0.25, 0.3) is 5.91 Å². The van der Waals surface area contributed by atoms with Gasteiger partial charge in [0, 0.05) is 38.1 Å². The first-order valence-electron chi connectivity index (χ1n) is 10.2. The standard InChI is InChI=1S/C23H21F2N3O3S2/c24-18-8-6-17(7-9-18)16-32-22-21(5-2-10-26-22)23(29)27-11-13-28(14-12-27)33(30,31)20-4-1-3-19(25)15-20/h1-10,15H,11-14,16H2. The summed E-state index contributed by atoms with van der Waals surface area (Å²) >= 11 is 1.38. The van der Waals surface area contributed by atoms with Crippen molar-refractivity contribution in [2.24, 2.45) is 0 Å². The molecule has 33 heavy (non-hydrogen) atoms. The summed E-state index contributed by atoms with van der Waals surface area (Å²) in [5.74, 6) is -0.632. The molecule has 0 atom stereocenters. The van der Waals surface area contributed by atoms with Crippen molar-refractivity contribution in [3.05, 3.63) is 89.6 Å². The second-order valence-corrected chi connectivity index (χ2v) is 10.3. The van der Waals surface area contributed by atoms with Crippen molar-refractivity contribution in [2.75, 3.05) is 26.2 Å². The highest BCUT2D eigenvalue weighted by Crippen LogP contribution is 2.26. The summed E-state index contributed by atoms with van der Waals surface area (Å²) < 4.78 is 53.5. The monoisotopic (exact) mass is 489 g/mol. The summed E-state index contributed by atoms with van der Waals surface area (Å²) in [5, 5.41) is 0.557. The van der Waals surface area contributed by atoms with Gasteiger partial charge in [0.1, 0.15) is 16.7 Å². The summed E-state index contributed by atoms with van der Waals surface area (Å²) in [5.41, 5.74) is 1.34. The molecule has 6 nitrogen and oxygen atoms in total. The molecular weight excluding hydrogens is 468 g/mol. The van der Waals surface area contributed by atoms with Gasteiger partial charge in [-0.3, -0.25) is 4.79 Å². The highest BCUT2D eigenvalue weighted by molar-refractivity contribution is 7.98. The first-order valence-corrected chi connectivity index (χ1v) is 12.6. The fourth-order valence-corrected chi connectivity index (χ4v) is 5.88. The number of amides is 1. The van der Waals surface area contributed by atoms with Crippen molar-refractivity contribution in [1.82, 2.24) is 14.2 Å². The van der Waals surface area contributed by atoms with Crippen molar-refractivity contribution in [2.45, 2.75) is 15.7 Å². The Kier molecular flexibility index (Phi) is 7.06. The van der Waals surface area contributed by atoms with Crippen LogP contribution in [0, 0.1) is 11.6 Å². The van der Waals surface area contributed by atoms with E-state index in [9.17, 15) is 22.0 Å². The Morgan fingerprint density at radius 2 is 1.67 bits per heavy atom. The molecule has 0 aliphatic carbocycles. The number of carbonyl (C=O) groups excluding carboxylic acids is 1. The summed E-state index contributed by atoms with van der Waals surface area (Å²) in [6, 6.07) is 14.4. The lowest BCUT2D eigenvalue weighted by atomic mass is 10.2. The molecule has 3 aromatic rings. The van der Waals surface area contributed by atoms with Crippen molar-refractivity contribution >= 4 is 27.7 Å². The molecule has 2 aromatic carbocycles. The Balaban J connectivity index is 1.42. The molecule has 2 heterocycles. The van der Waals surface area contributed by atoms with Crippen LogP contribution in [0.5, 0.6) is 0 Å². The van der Waals surface area contributed by atoms with E-state index in [0.717, 1.165) is 11.6 Å². The highest BCUT2D eigenvalue weighted by atomic mass is 32.2. The van der Waals surface area contributed by atoms with Crippen LogP contribution in [0.1, 0.15) is 15.9 Å². The number of piperazine rings is 1. The molecule has 1 saturated heterocycles. The van der Waals surface area contributed by atoms with Gasteiger partial charge in [0.15, 0.2) is 0 Å². The topological polar surface area (TPSA) is 70.6 Å². The minimum Gasteiger partial charge on any atom is -0.336 e. The average Bonchev–Trinajstić information content (AvgIpc) is 2.83. The molecule has 4 rings (SSSR count). The van der Waals surface area contributed by atoms with Crippen molar-refractivity contribution < 1.29 is 22.0 Å². The molecule has 0 spiro atoms. The predicted octanol–water partition coefficient (Wildman–Crippen LogP) is 3.80. The minimum atomic E-state index is -3.84. The van der Waals surface area contributed by atoms with E-state index in [-0.39, 0.29) is 42.8 Å². The van der Waals surface area contributed by atoms with E-state index in [1.807, 2.05) is 0 Å². The van der Waals surface area contributed by atoms with Crippen LogP contribution in [0.25, 0.3) is 0 Å². The third kappa shape index (κ3) is 5.40. The van der Waals surface area contributed by atoms with Crippen LogP contribution >= 0.6 is 11.8 Å². The zero-order valence-electron chi connectivity index (χ0n) is 17.5. The van der Waals surface area contributed by atoms with E-state index in [0.29, 0.717) is 16.3 Å². The fraction of sp³-hybridized carbons (Fsp3) is 0.217. The highest BCUT2D eigenvalue weighted by Gasteiger charge is 2.31. The first-order chi connectivity index (χ1) is 15.8. The zero-order chi connectivity index (χ0) is 23.4. The summed E-state index contributed by atoms with van der Waals surface area (Å²) in [6.07, 6.45) is 1.60. The Hall–Kier alpha value is -2.82. The Morgan fingerprint density at radius 3 is 2.36 bits per heavy atom. The van der Waals surface area contributed by atoms with Crippen LogP contribution < -0.4 is 0 Å². The molecule has 1 fully saturated rings. The SMILES string of the molecule is O=C(c1cccnc1SCc1ccc(F)cc1)N1CCN(S(=O)(=O)c2cccc(F)c2)CC1. The average molecular weight is 490 g/mol. The van der Waals surface area contributed by atoms with Crippen LogP contribution in [0.4, 0.5) is 8.78 Å². The number of nitrogens with zero attached hydrogens (tertiary/aromatic N) is 3. The molecule has 1 amide bonds. The van der Waals surface area contributed by atoms with Gasteiger partial charge in [0.05, 0.1) is 10.5 Å². The number of hydrogen-bond donors (Lipinski definition) is 0. The number of benzene rings is 2. The number of carbonyl (C=O) groups is 1. The number of pyridine rings is 1. The molecule has 0 radical (unpaired) electrons. The van der Waals surface area contributed by atoms with Gasteiger partial charge in [-0.1, -0.05) is 18.2 Å². The summed E-state index contributed by atoms with van der Waals surface area (Å²) in [4.78, 5) is 19.0. The molecule has 0 unspecified atom stereocenters. The van der Waals surface area contributed by atoms with Crippen molar-refractivity contribution in [1.29, 1.82) is 0 Å². The quantitative estimate of drug-likeness (QED) is 0.493. The lowest BCUT2D eigenvalue weighted by Crippen LogP contribution is -2.50. The lowest BCUT2D eigenvalue weighted by molar-refractivity contribution is 0.0693. The normalized spacial score (nSPS) is 14.9. The maximum Gasteiger partial charge on any atom is 0.256 e. The summed E-state index contributed by atoms with van der Waals surface area (Å²) in [7, 11) is -3.84. The second-order valence-electron chi connectivity index (χ2n) is 7.42. The van der Waals surface area contributed by atoms with Crippen LogP contribution in [0.2, 0.25) is 0 Å². The third-order valence-corrected chi connectivity index (χ3v) is 8.22. The molecule has 172 valence electrons. The number of thioether (sulfide) groups is 1. The molecular formula is C23H21F2N3O3S2. The Labute approximate surface area is 195 Å². The molecule has 10 heteroatoms. The maximum atomic E-state index is 13.5. The molecule has 1 aliphatic rings. The number of hydrogen-bond acceptors (Lipinski definition) is 5. The van der Waals surface area contributed by atoms with E-state index in [1.54, 1.807) is 35.4 Å². The van der Waals surface area contributed by atoms with E-state index < -0.39 is 15.8 Å². The molecule has 0 saturated carbocycles. The van der Waals surface area contributed by atoms with E-state index in [1.165, 1.54) is 46.4 Å². The van der Waals surface area contributed by atoms with Crippen molar-refractivity contribution in [3.8, 4) is 0 Å².